The highest BCUT2D eigenvalue weighted by Crippen LogP contribution is 2.35. The van der Waals surface area contributed by atoms with E-state index in [1.54, 1.807) is 12.1 Å². The normalized spacial score (nSPS) is 15.2. The topological polar surface area (TPSA) is 128 Å². The minimum atomic E-state index is -0.432. The lowest BCUT2D eigenvalue weighted by molar-refractivity contribution is -0.384. The standard InChI is InChI=1S/C17H16N6O3S/c18-16(24)11-5-7-22(8-6-11)17-15-14(19-9-20-17)13(21-27-15)10-1-3-12(4-2-10)23(25)26/h1-4,9,11H,5-8H2,(H2,18,24). The Morgan fingerprint density at radius 2 is 1.93 bits per heavy atom. The van der Waals surface area contributed by atoms with Crippen LogP contribution in [0.5, 0.6) is 0 Å². The van der Waals surface area contributed by atoms with Crippen LogP contribution in [0.15, 0.2) is 30.6 Å². The zero-order valence-corrected chi connectivity index (χ0v) is 15.1. The average molecular weight is 384 g/mol. The van der Waals surface area contributed by atoms with Gasteiger partial charge in [-0.25, -0.2) is 9.97 Å². The number of carbonyl (C=O) groups excluding carboxylic acids is 1. The summed E-state index contributed by atoms with van der Waals surface area (Å²) in [6.07, 6.45) is 2.91. The summed E-state index contributed by atoms with van der Waals surface area (Å²) < 4.78 is 5.37. The number of non-ortho nitro benzene ring substituents is 1. The summed E-state index contributed by atoms with van der Waals surface area (Å²) in [7, 11) is 0. The van der Waals surface area contributed by atoms with Crippen LogP contribution in [0.3, 0.4) is 0 Å². The van der Waals surface area contributed by atoms with Crippen LogP contribution in [-0.2, 0) is 4.79 Å². The maximum Gasteiger partial charge on any atom is 0.269 e. The largest absolute Gasteiger partial charge is 0.369 e. The summed E-state index contributed by atoms with van der Waals surface area (Å²) in [5.41, 5.74) is 7.61. The number of nitro benzene ring substituents is 1. The van der Waals surface area contributed by atoms with E-state index in [-0.39, 0.29) is 17.5 Å². The number of nitrogens with two attached hydrogens (primary N) is 1. The van der Waals surface area contributed by atoms with Gasteiger partial charge in [-0.1, -0.05) is 0 Å². The number of piperidine rings is 1. The second kappa shape index (κ2) is 6.88. The fraction of sp³-hybridized carbons (Fsp3) is 0.294. The third kappa shape index (κ3) is 3.19. The number of hydrogen-bond acceptors (Lipinski definition) is 8. The van der Waals surface area contributed by atoms with Gasteiger partial charge in [-0.2, -0.15) is 4.37 Å². The fourth-order valence-corrected chi connectivity index (χ4v) is 4.16. The molecule has 0 saturated carbocycles. The predicted molar refractivity (Wildman–Crippen MR) is 101 cm³/mol. The Labute approximate surface area is 158 Å². The second-order valence-corrected chi connectivity index (χ2v) is 7.15. The highest BCUT2D eigenvalue weighted by molar-refractivity contribution is 7.14. The molecule has 0 aliphatic carbocycles. The summed E-state index contributed by atoms with van der Waals surface area (Å²) in [5.74, 6) is 0.463. The maximum absolute atomic E-state index is 11.4. The molecule has 0 unspecified atom stereocenters. The van der Waals surface area contributed by atoms with Crippen LogP contribution in [0.4, 0.5) is 11.5 Å². The van der Waals surface area contributed by atoms with E-state index in [2.05, 4.69) is 19.2 Å². The molecule has 0 radical (unpaired) electrons. The van der Waals surface area contributed by atoms with Crippen LogP contribution >= 0.6 is 11.5 Å². The third-order valence-electron chi connectivity index (χ3n) is 4.79. The SMILES string of the molecule is NC(=O)C1CCN(c2ncnc3c(-c4ccc([N+](=O)[O-])cc4)nsc23)CC1. The zero-order chi connectivity index (χ0) is 19.0. The van der Waals surface area contributed by atoms with Crippen LogP contribution in [-0.4, -0.2) is 38.3 Å². The molecular weight excluding hydrogens is 368 g/mol. The summed E-state index contributed by atoms with van der Waals surface area (Å²) in [5, 5.41) is 10.8. The molecule has 1 fully saturated rings. The van der Waals surface area contributed by atoms with Gasteiger partial charge in [0, 0.05) is 36.7 Å². The Morgan fingerprint density at radius 1 is 1.22 bits per heavy atom. The molecule has 3 heterocycles. The van der Waals surface area contributed by atoms with Crippen molar-refractivity contribution in [2.75, 3.05) is 18.0 Å². The summed E-state index contributed by atoms with van der Waals surface area (Å²) in [6, 6.07) is 6.26. The smallest absolute Gasteiger partial charge is 0.269 e. The number of primary amides is 1. The highest BCUT2D eigenvalue weighted by Gasteiger charge is 2.26. The number of benzene rings is 1. The quantitative estimate of drug-likeness (QED) is 0.540. The fourth-order valence-electron chi connectivity index (χ4n) is 3.28. The van der Waals surface area contributed by atoms with Crippen molar-refractivity contribution >= 4 is 39.2 Å². The van der Waals surface area contributed by atoms with Gasteiger partial charge in [0.25, 0.3) is 5.69 Å². The molecular formula is C17H16N6O3S. The van der Waals surface area contributed by atoms with E-state index in [9.17, 15) is 14.9 Å². The lowest BCUT2D eigenvalue weighted by Crippen LogP contribution is -2.38. The molecule has 0 atom stereocenters. The van der Waals surface area contributed by atoms with Crippen molar-refractivity contribution in [3.8, 4) is 11.3 Å². The minimum Gasteiger partial charge on any atom is -0.369 e. The van der Waals surface area contributed by atoms with Crippen molar-refractivity contribution < 1.29 is 9.72 Å². The molecule has 138 valence electrons. The number of carbonyl (C=O) groups is 1. The van der Waals surface area contributed by atoms with Gasteiger partial charge in [0.2, 0.25) is 5.91 Å². The van der Waals surface area contributed by atoms with E-state index in [0.29, 0.717) is 31.6 Å². The van der Waals surface area contributed by atoms with Gasteiger partial charge in [-0.05, 0) is 36.5 Å². The molecule has 9 nitrogen and oxygen atoms in total. The molecule has 1 aliphatic rings. The van der Waals surface area contributed by atoms with Crippen molar-refractivity contribution in [1.29, 1.82) is 0 Å². The Bertz CT molecular complexity index is 1010. The lowest BCUT2D eigenvalue weighted by Gasteiger charge is -2.31. The van der Waals surface area contributed by atoms with Crippen LogP contribution < -0.4 is 10.6 Å². The van der Waals surface area contributed by atoms with E-state index in [4.69, 9.17) is 5.73 Å². The molecule has 1 aliphatic heterocycles. The maximum atomic E-state index is 11.4. The minimum absolute atomic E-state index is 0.0333. The highest BCUT2D eigenvalue weighted by atomic mass is 32.1. The van der Waals surface area contributed by atoms with E-state index < -0.39 is 4.92 Å². The Hall–Kier alpha value is -3.14. The molecule has 2 N–H and O–H groups in total. The lowest BCUT2D eigenvalue weighted by atomic mass is 9.96. The van der Waals surface area contributed by atoms with E-state index in [1.807, 2.05) is 0 Å². The monoisotopic (exact) mass is 384 g/mol. The zero-order valence-electron chi connectivity index (χ0n) is 14.2. The van der Waals surface area contributed by atoms with Crippen molar-refractivity contribution in [2.24, 2.45) is 11.7 Å². The van der Waals surface area contributed by atoms with Gasteiger partial charge < -0.3 is 10.6 Å². The first-order valence-corrected chi connectivity index (χ1v) is 9.21. The molecule has 0 bridgehead atoms. The number of hydrogen-bond donors (Lipinski definition) is 1. The average Bonchev–Trinajstić information content (AvgIpc) is 3.12. The molecule has 1 saturated heterocycles. The first kappa shape index (κ1) is 17.3. The molecule has 2 aromatic heterocycles. The molecule has 4 rings (SSSR count). The Kier molecular flexibility index (Phi) is 4.40. The molecule has 1 aromatic carbocycles. The van der Waals surface area contributed by atoms with Crippen LogP contribution in [0.1, 0.15) is 12.8 Å². The van der Waals surface area contributed by atoms with E-state index in [1.165, 1.54) is 30.0 Å². The van der Waals surface area contributed by atoms with Crippen molar-refractivity contribution in [2.45, 2.75) is 12.8 Å². The first-order chi connectivity index (χ1) is 13.0. The van der Waals surface area contributed by atoms with E-state index in [0.717, 1.165) is 21.6 Å². The predicted octanol–water partition coefficient (Wildman–Crippen LogP) is 2.36. The molecule has 27 heavy (non-hydrogen) atoms. The molecule has 10 heteroatoms. The van der Waals surface area contributed by atoms with Crippen molar-refractivity contribution in [3.05, 3.63) is 40.7 Å². The van der Waals surface area contributed by atoms with Crippen LogP contribution in [0.25, 0.3) is 21.5 Å². The van der Waals surface area contributed by atoms with Gasteiger partial charge in [0.05, 0.1) is 4.92 Å². The number of nitrogens with zero attached hydrogens (tertiary/aromatic N) is 5. The number of fused-ring (bicyclic) bond motifs is 1. The third-order valence-corrected chi connectivity index (χ3v) is 5.62. The number of nitro groups is 1. The molecule has 0 spiro atoms. The summed E-state index contributed by atoms with van der Waals surface area (Å²) in [4.78, 5) is 32.7. The first-order valence-electron chi connectivity index (χ1n) is 8.44. The Morgan fingerprint density at radius 3 is 2.56 bits per heavy atom. The summed E-state index contributed by atoms with van der Waals surface area (Å²) >= 11 is 1.30. The number of amides is 1. The van der Waals surface area contributed by atoms with Crippen LogP contribution in [0, 0.1) is 16.0 Å². The van der Waals surface area contributed by atoms with Gasteiger partial charge in [-0.3, -0.25) is 14.9 Å². The van der Waals surface area contributed by atoms with Gasteiger partial charge >= 0.3 is 0 Å². The van der Waals surface area contributed by atoms with Gasteiger partial charge in [0.15, 0.2) is 5.82 Å². The van der Waals surface area contributed by atoms with Crippen molar-refractivity contribution in [1.82, 2.24) is 14.3 Å². The van der Waals surface area contributed by atoms with Crippen molar-refractivity contribution in [3.63, 3.8) is 0 Å². The number of rotatable bonds is 4. The molecule has 1 amide bonds. The second-order valence-electron chi connectivity index (χ2n) is 6.37. The van der Waals surface area contributed by atoms with Gasteiger partial charge in [0.1, 0.15) is 22.2 Å². The Balaban J connectivity index is 1.66. The number of aromatic nitrogens is 3. The summed E-state index contributed by atoms with van der Waals surface area (Å²) in [6.45, 7) is 1.40. The number of anilines is 1. The molecule has 3 aromatic rings. The van der Waals surface area contributed by atoms with E-state index >= 15 is 0 Å². The van der Waals surface area contributed by atoms with Crippen LogP contribution in [0.2, 0.25) is 0 Å². The van der Waals surface area contributed by atoms with Gasteiger partial charge in [-0.15, -0.1) is 0 Å².